The number of aryl methyl sites for hydroxylation is 1. The maximum atomic E-state index is 12.2. The summed E-state index contributed by atoms with van der Waals surface area (Å²) < 4.78 is 1.91. The number of nitrogens with zero attached hydrogens (tertiary/aromatic N) is 4. The molecule has 0 aliphatic rings. The molecule has 0 aliphatic carbocycles. The van der Waals surface area contributed by atoms with Crippen molar-refractivity contribution in [2.45, 2.75) is 37.8 Å². The topological polar surface area (TPSA) is 88.5 Å². The number of fused-ring (bicyclic) bond motifs is 1. The van der Waals surface area contributed by atoms with Gasteiger partial charge in [-0.05, 0) is 42.2 Å². The molecule has 0 radical (unpaired) electrons. The van der Waals surface area contributed by atoms with Gasteiger partial charge >= 0.3 is 0 Å². The third-order valence-electron chi connectivity index (χ3n) is 5.04. The lowest BCUT2D eigenvalue weighted by atomic mass is 10.0. The van der Waals surface area contributed by atoms with E-state index in [0.717, 1.165) is 35.4 Å². The maximum Gasteiger partial charge on any atom is 0.230 e. The minimum Gasteiger partial charge on any atom is -0.355 e. The largest absolute Gasteiger partial charge is 0.355 e. The van der Waals surface area contributed by atoms with Gasteiger partial charge in [0.05, 0.1) is 16.8 Å². The highest BCUT2D eigenvalue weighted by Crippen LogP contribution is 2.21. The number of hydrogen-bond donors (Lipinski definition) is 2. The number of hydrogen-bond acceptors (Lipinski definition) is 5. The Hall–Kier alpha value is -3.13. The average Bonchev–Trinajstić information content (AvgIpc) is 3.41. The molecule has 1 amide bonds. The molecule has 0 aliphatic heterocycles. The lowest BCUT2D eigenvalue weighted by Gasteiger charge is -2.09. The molecule has 2 aromatic carbocycles. The van der Waals surface area contributed by atoms with Crippen molar-refractivity contribution in [1.29, 1.82) is 0 Å². The fraction of sp³-hybridized carbons (Fsp3) is 0.304. The van der Waals surface area contributed by atoms with Gasteiger partial charge in [0.25, 0.3) is 0 Å². The molecule has 0 unspecified atom stereocenters. The van der Waals surface area contributed by atoms with E-state index in [9.17, 15) is 4.79 Å². The summed E-state index contributed by atoms with van der Waals surface area (Å²) in [6.45, 7) is 4.95. The van der Waals surface area contributed by atoms with Gasteiger partial charge in [0.2, 0.25) is 5.91 Å². The van der Waals surface area contributed by atoms with Crippen molar-refractivity contribution < 1.29 is 4.79 Å². The van der Waals surface area contributed by atoms with Gasteiger partial charge < -0.3 is 10.3 Å². The molecule has 4 aromatic rings. The van der Waals surface area contributed by atoms with Crippen LogP contribution in [0.1, 0.15) is 37.6 Å². The molecule has 2 N–H and O–H groups in total. The molecule has 160 valence electrons. The molecule has 0 atom stereocenters. The number of carbonyl (C=O) groups is 1. The van der Waals surface area contributed by atoms with Crippen LogP contribution in [-0.2, 0) is 11.2 Å². The predicted molar refractivity (Wildman–Crippen MR) is 124 cm³/mol. The van der Waals surface area contributed by atoms with Gasteiger partial charge in [-0.1, -0.05) is 49.9 Å². The molecule has 0 fully saturated rings. The molecule has 31 heavy (non-hydrogen) atoms. The number of benzene rings is 2. The Labute approximate surface area is 185 Å². The van der Waals surface area contributed by atoms with Crippen LogP contribution >= 0.6 is 11.8 Å². The van der Waals surface area contributed by atoms with E-state index in [1.807, 2.05) is 28.8 Å². The number of nitrogens with one attached hydrogen (secondary N) is 2. The Morgan fingerprint density at radius 3 is 2.74 bits per heavy atom. The first-order valence-electron chi connectivity index (χ1n) is 10.4. The minimum atomic E-state index is -0.0145. The van der Waals surface area contributed by atoms with E-state index < -0.39 is 0 Å². The van der Waals surface area contributed by atoms with E-state index >= 15 is 0 Å². The molecule has 4 rings (SSSR count). The van der Waals surface area contributed by atoms with Gasteiger partial charge in [0.1, 0.15) is 12.2 Å². The van der Waals surface area contributed by atoms with Crippen LogP contribution in [0.2, 0.25) is 0 Å². The van der Waals surface area contributed by atoms with Crippen LogP contribution in [0.5, 0.6) is 0 Å². The number of thioether (sulfide) groups is 1. The highest BCUT2D eigenvalue weighted by atomic mass is 32.2. The average molecular weight is 435 g/mol. The van der Waals surface area contributed by atoms with Crippen molar-refractivity contribution in [1.82, 2.24) is 30.0 Å². The van der Waals surface area contributed by atoms with Crippen LogP contribution in [0.3, 0.4) is 0 Å². The zero-order valence-electron chi connectivity index (χ0n) is 17.7. The van der Waals surface area contributed by atoms with Crippen molar-refractivity contribution in [3.63, 3.8) is 0 Å². The Bertz CT molecular complexity index is 1120. The van der Waals surface area contributed by atoms with Gasteiger partial charge in [-0.25, -0.2) is 4.98 Å². The number of amides is 1. The summed E-state index contributed by atoms with van der Waals surface area (Å²) in [5, 5.41) is 11.8. The Balaban J connectivity index is 1.23. The quantitative estimate of drug-likeness (QED) is 0.306. The van der Waals surface area contributed by atoms with Crippen LogP contribution < -0.4 is 5.32 Å². The number of H-pyrrole nitrogens is 1. The highest BCUT2D eigenvalue weighted by Gasteiger charge is 2.11. The monoisotopic (exact) mass is 434 g/mol. The van der Waals surface area contributed by atoms with Crippen molar-refractivity contribution in [3.05, 3.63) is 66.2 Å². The van der Waals surface area contributed by atoms with E-state index in [2.05, 4.69) is 63.6 Å². The Morgan fingerprint density at radius 2 is 1.97 bits per heavy atom. The molecule has 7 nitrogen and oxygen atoms in total. The highest BCUT2D eigenvalue weighted by molar-refractivity contribution is 7.99. The number of imidazole rings is 1. The van der Waals surface area contributed by atoms with Gasteiger partial charge in [0, 0.05) is 18.7 Å². The van der Waals surface area contributed by atoms with Crippen LogP contribution in [-0.4, -0.2) is 42.9 Å². The van der Waals surface area contributed by atoms with Crippen molar-refractivity contribution in [2.24, 2.45) is 0 Å². The number of aromatic nitrogens is 5. The molecule has 2 heterocycles. The van der Waals surface area contributed by atoms with Gasteiger partial charge in [0.15, 0.2) is 5.16 Å². The van der Waals surface area contributed by atoms with Crippen LogP contribution in [0.25, 0.3) is 16.7 Å². The molecule has 0 bridgehead atoms. The number of aromatic amines is 1. The number of para-hydroxylation sites is 2. The molecule has 0 saturated carbocycles. The van der Waals surface area contributed by atoms with Gasteiger partial charge in [-0.15, -0.1) is 10.2 Å². The molecule has 2 aromatic heterocycles. The second kappa shape index (κ2) is 9.78. The summed E-state index contributed by atoms with van der Waals surface area (Å²) in [4.78, 5) is 20.1. The minimum absolute atomic E-state index is 0.0145. The van der Waals surface area contributed by atoms with Crippen LogP contribution in [0, 0.1) is 0 Å². The summed E-state index contributed by atoms with van der Waals surface area (Å²) in [5.74, 6) is 1.72. The fourth-order valence-corrected chi connectivity index (χ4v) is 4.07. The standard InChI is InChI=1S/C23H26N6OS/c1-16(2)17-9-11-18(12-10-17)29-15-25-28-23(29)31-14-22(30)24-13-5-8-21-26-19-6-3-4-7-20(19)27-21/h3-4,6-7,9-12,15-16H,5,8,13-14H2,1-2H3,(H,24,30)(H,26,27). The Morgan fingerprint density at radius 1 is 1.16 bits per heavy atom. The van der Waals surface area contributed by atoms with Gasteiger partial charge in [-0.2, -0.15) is 0 Å². The lowest BCUT2D eigenvalue weighted by molar-refractivity contribution is -0.118. The maximum absolute atomic E-state index is 12.2. The normalized spacial score (nSPS) is 11.3. The van der Waals surface area contributed by atoms with Crippen molar-refractivity contribution in [3.8, 4) is 5.69 Å². The Kier molecular flexibility index (Phi) is 6.66. The number of rotatable bonds is 9. The molecule has 8 heteroatoms. The third-order valence-corrected chi connectivity index (χ3v) is 5.98. The second-order valence-corrected chi connectivity index (χ2v) is 8.62. The smallest absolute Gasteiger partial charge is 0.230 e. The predicted octanol–water partition coefficient (Wildman–Crippen LogP) is 4.11. The summed E-state index contributed by atoms with van der Waals surface area (Å²) in [6, 6.07) is 16.3. The first kappa shape index (κ1) is 21.1. The first-order chi connectivity index (χ1) is 15.1. The third kappa shape index (κ3) is 5.32. The molecule has 0 spiro atoms. The fourth-order valence-electron chi connectivity index (χ4n) is 3.31. The lowest BCUT2D eigenvalue weighted by Crippen LogP contribution is -2.26. The van der Waals surface area contributed by atoms with Crippen molar-refractivity contribution in [2.75, 3.05) is 12.3 Å². The van der Waals surface area contributed by atoms with E-state index in [0.29, 0.717) is 23.4 Å². The molecular formula is C23H26N6OS. The summed E-state index contributed by atoms with van der Waals surface area (Å²) in [7, 11) is 0. The van der Waals surface area contributed by atoms with Gasteiger partial charge in [-0.3, -0.25) is 9.36 Å². The summed E-state index contributed by atoms with van der Waals surface area (Å²) in [6.07, 6.45) is 3.30. The van der Waals surface area contributed by atoms with Crippen molar-refractivity contribution >= 4 is 28.7 Å². The SMILES string of the molecule is CC(C)c1ccc(-n2cnnc2SCC(=O)NCCCc2nc3ccccc3[nH]2)cc1. The van der Waals surface area contributed by atoms with Crippen LogP contribution in [0.15, 0.2) is 60.0 Å². The number of carbonyl (C=O) groups excluding carboxylic acids is 1. The van der Waals surface area contributed by atoms with E-state index in [-0.39, 0.29) is 5.91 Å². The summed E-state index contributed by atoms with van der Waals surface area (Å²) >= 11 is 1.38. The van der Waals surface area contributed by atoms with E-state index in [1.165, 1.54) is 17.3 Å². The molecule has 0 saturated heterocycles. The zero-order chi connectivity index (χ0) is 21.6. The van der Waals surface area contributed by atoms with Crippen LogP contribution in [0.4, 0.5) is 0 Å². The zero-order valence-corrected chi connectivity index (χ0v) is 18.5. The first-order valence-corrected chi connectivity index (χ1v) is 11.4. The molecular weight excluding hydrogens is 408 g/mol. The second-order valence-electron chi connectivity index (χ2n) is 7.67. The summed E-state index contributed by atoms with van der Waals surface area (Å²) in [5.41, 5.74) is 4.29. The van der Waals surface area contributed by atoms with E-state index in [1.54, 1.807) is 6.33 Å². The van der Waals surface area contributed by atoms with E-state index in [4.69, 9.17) is 0 Å².